The van der Waals surface area contributed by atoms with Crippen molar-refractivity contribution in [1.29, 1.82) is 0 Å². The van der Waals surface area contributed by atoms with Gasteiger partial charge in [-0.1, -0.05) is 6.58 Å². The van der Waals surface area contributed by atoms with Crippen molar-refractivity contribution in [3.05, 3.63) is 12.2 Å². The van der Waals surface area contributed by atoms with Crippen LogP contribution in [0.5, 0.6) is 0 Å². The zero-order valence-electron chi connectivity index (χ0n) is 7.37. The Labute approximate surface area is 71.8 Å². The van der Waals surface area contributed by atoms with Crippen molar-refractivity contribution in [2.24, 2.45) is 0 Å². The molecule has 4 nitrogen and oxygen atoms in total. The number of aliphatic hydroxyl groups is 1. The van der Waals surface area contributed by atoms with Gasteiger partial charge in [-0.2, -0.15) is 0 Å². The Morgan fingerprint density at radius 1 is 1.75 bits per heavy atom. The lowest BCUT2D eigenvalue weighted by atomic mass is 10.2. The molecule has 0 aliphatic carbocycles. The first-order chi connectivity index (χ1) is 5.74. The fraction of sp³-hybridized carbons (Fsp3) is 0.625. The molecule has 1 N–H and O–H groups in total. The van der Waals surface area contributed by atoms with E-state index in [1.165, 1.54) is 7.11 Å². The van der Waals surface area contributed by atoms with Gasteiger partial charge in [-0.15, -0.1) is 0 Å². The maximum Gasteiger partial charge on any atom is 0.333 e. The summed E-state index contributed by atoms with van der Waals surface area (Å²) in [5, 5.41) is 7.00. The molecular weight excluding hydrogens is 160 g/mol. The molecular formula is C8H14O4. The molecule has 0 aromatic heterocycles. The van der Waals surface area contributed by atoms with E-state index in [1.54, 1.807) is 0 Å². The molecule has 1 saturated heterocycles. The summed E-state index contributed by atoms with van der Waals surface area (Å²) in [5.41, 5.74) is 0.491. The summed E-state index contributed by atoms with van der Waals surface area (Å²) in [5.74, 6) is -0.337. The van der Waals surface area contributed by atoms with Crippen molar-refractivity contribution in [2.45, 2.75) is 12.5 Å². The fourth-order valence-corrected chi connectivity index (χ4v) is 0.688. The highest BCUT2D eigenvalue weighted by Crippen LogP contribution is 2.18. The lowest BCUT2D eigenvalue weighted by Crippen LogP contribution is -2.05. The maximum atomic E-state index is 10.7. The topological polar surface area (TPSA) is 59.1 Å². The summed E-state index contributed by atoms with van der Waals surface area (Å²) in [6.45, 7) is 4.30. The third-order valence-corrected chi connectivity index (χ3v) is 1.35. The molecule has 1 atom stereocenters. The lowest BCUT2D eigenvalue weighted by molar-refractivity contribution is -0.136. The Hall–Kier alpha value is -0.870. The SMILES string of the molecule is C=C(CC1CO1)C(=O)OC.CO. The van der Waals surface area contributed by atoms with Crippen molar-refractivity contribution in [1.82, 2.24) is 0 Å². The number of epoxide rings is 1. The number of esters is 1. The minimum Gasteiger partial charge on any atom is -0.466 e. The maximum absolute atomic E-state index is 10.7. The molecule has 0 radical (unpaired) electrons. The Morgan fingerprint density at radius 2 is 2.25 bits per heavy atom. The summed E-state index contributed by atoms with van der Waals surface area (Å²) >= 11 is 0. The van der Waals surface area contributed by atoms with Crippen molar-refractivity contribution in [3.63, 3.8) is 0 Å². The molecule has 12 heavy (non-hydrogen) atoms. The smallest absolute Gasteiger partial charge is 0.333 e. The number of methoxy groups -OCH3 is 1. The molecule has 1 heterocycles. The van der Waals surface area contributed by atoms with Crippen molar-refractivity contribution >= 4 is 5.97 Å². The average Bonchev–Trinajstić information content (AvgIpc) is 2.90. The Balaban J connectivity index is 0.000000561. The van der Waals surface area contributed by atoms with Crippen LogP contribution >= 0.6 is 0 Å². The second-order valence-corrected chi connectivity index (χ2v) is 2.25. The summed E-state index contributed by atoms with van der Waals surface area (Å²) in [6, 6.07) is 0. The standard InChI is InChI=1S/C7H10O3.CH4O/c1-5(7(8)9-2)3-6-4-10-6;1-2/h6H,1,3-4H2,2H3;2H,1H3. The predicted octanol–water partition coefficient (Wildman–Crippen LogP) is 0.113. The van der Waals surface area contributed by atoms with Gasteiger partial charge in [-0.05, 0) is 0 Å². The third kappa shape index (κ3) is 4.10. The number of ether oxygens (including phenoxy) is 2. The minimum atomic E-state index is -0.337. The first-order valence-corrected chi connectivity index (χ1v) is 3.56. The normalized spacial score (nSPS) is 18.8. The van der Waals surface area contributed by atoms with Crippen LogP contribution < -0.4 is 0 Å². The van der Waals surface area contributed by atoms with Crippen LogP contribution in [0, 0.1) is 0 Å². The van der Waals surface area contributed by atoms with Crippen LogP contribution in [0.1, 0.15) is 6.42 Å². The molecule has 1 unspecified atom stereocenters. The highest BCUT2D eigenvalue weighted by atomic mass is 16.6. The molecule has 1 aliphatic heterocycles. The third-order valence-electron chi connectivity index (χ3n) is 1.35. The molecule has 1 rings (SSSR count). The van der Waals surface area contributed by atoms with Crippen LogP contribution in [-0.4, -0.2) is 38.0 Å². The van der Waals surface area contributed by atoms with E-state index in [9.17, 15) is 4.79 Å². The number of carbonyl (C=O) groups excluding carboxylic acids is 1. The molecule has 0 spiro atoms. The predicted molar refractivity (Wildman–Crippen MR) is 43.7 cm³/mol. The van der Waals surface area contributed by atoms with E-state index in [2.05, 4.69) is 11.3 Å². The zero-order chi connectivity index (χ0) is 9.56. The monoisotopic (exact) mass is 174 g/mol. The Morgan fingerprint density at radius 3 is 2.58 bits per heavy atom. The zero-order valence-corrected chi connectivity index (χ0v) is 7.37. The largest absolute Gasteiger partial charge is 0.466 e. The van der Waals surface area contributed by atoms with E-state index < -0.39 is 0 Å². The average molecular weight is 174 g/mol. The number of aliphatic hydroxyl groups excluding tert-OH is 1. The molecule has 1 fully saturated rings. The van der Waals surface area contributed by atoms with E-state index in [4.69, 9.17) is 9.84 Å². The summed E-state index contributed by atoms with van der Waals surface area (Å²) in [6.07, 6.45) is 0.818. The fourth-order valence-electron chi connectivity index (χ4n) is 0.688. The van der Waals surface area contributed by atoms with Crippen LogP contribution in [0.4, 0.5) is 0 Å². The van der Waals surface area contributed by atoms with Crippen molar-refractivity contribution in [2.75, 3.05) is 20.8 Å². The minimum absolute atomic E-state index is 0.214. The van der Waals surface area contributed by atoms with Crippen LogP contribution in [0.15, 0.2) is 12.2 Å². The van der Waals surface area contributed by atoms with Gasteiger partial charge in [-0.25, -0.2) is 4.79 Å². The number of hydrogen-bond acceptors (Lipinski definition) is 4. The molecule has 0 aromatic rings. The Kier molecular flexibility index (Phi) is 5.32. The van der Waals surface area contributed by atoms with Gasteiger partial charge in [0, 0.05) is 19.1 Å². The van der Waals surface area contributed by atoms with E-state index in [1.807, 2.05) is 0 Å². The lowest BCUT2D eigenvalue weighted by Gasteiger charge is -1.98. The van der Waals surface area contributed by atoms with Crippen LogP contribution in [0.3, 0.4) is 0 Å². The molecule has 0 amide bonds. The summed E-state index contributed by atoms with van der Waals surface area (Å²) in [4.78, 5) is 10.7. The van der Waals surface area contributed by atoms with E-state index in [0.29, 0.717) is 12.0 Å². The van der Waals surface area contributed by atoms with Gasteiger partial charge in [0.15, 0.2) is 0 Å². The van der Waals surface area contributed by atoms with E-state index >= 15 is 0 Å². The van der Waals surface area contributed by atoms with Crippen molar-refractivity contribution in [3.8, 4) is 0 Å². The molecule has 0 aromatic carbocycles. The van der Waals surface area contributed by atoms with Gasteiger partial charge in [0.05, 0.1) is 19.8 Å². The molecule has 0 saturated carbocycles. The highest BCUT2D eigenvalue weighted by Gasteiger charge is 2.25. The Bertz CT molecular complexity index is 160. The van der Waals surface area contributed by atoms with Gasteiger partial charge in [0.25, 0.3) is 0 Å². The highest BCUT2D eigenvalue weighted by molar-refractivity contribution is 5.87. The van der Waals surface area contributed by atoms with E-state index in [-0.39, 0.29) is 12.1 Å². The summed E-state index contributed by atoms with van der Waals surface area (Å²) < 4.78 is 9.35. The quantitative estimate of drug-likeness (QED) is 0.375. The number of carbonyl (C=O) groups is 1. The summed E-state index contributed by atoms with van der Waals surface area (Å²) in [7, 11) is 2.35. The van der Waals surface area contributed by atoms with Crippen LogP contribution in [0.25, 0.3) is 0 Å². The van der Waals surface area contributed by atoms with Gasteiger partial charge in [0.1, 0.15) is 0 Å². The van der Waals surface area contributed by atoms with Gasteiger partial charge >= 0.3 is 5.97 Å². The van der Waals surface area contributed by atoms with Crippen molar-refractivity contribution < 1.29 is 19.4 Å². The first kappa shape index (κ1) is 11.1. The second-order valence-electron chi connectivity index (χ2n) is 2.25. The van der Waals surface area contributed by atoms with Crippen LogP contribution in [-0.2, 0) is 14.3 Å². The number of hydrogen-bond donors (Lipinski definition) is 1. The molecule has 0 bridgehead atoms. The van der Waals surface area contributed by atoms with Crippen LogP contribution in [0.2, 0.25) is 0 Å². The second kappa shape index (κ2) is 5.74. The first-order valence-electron chi connectivity index (χ1n) is 3.56. The van der Waals surface area contributed by atoms with Gasteiger partial charge in [-0.3, -0.25) is 0 Å². The van der Waals surface area contributed by atoms with E-state index in [0.717, 1.165) is 13.7 Å². The van der Waals surface area contributed by atoms with Gasteiger partial charge in [0.2, 0.25) is 0 Å². The molecule has 70 valence electrons. The molecule has 1 aliphatic rings. The molecule has 4 heteroatoms. The van der Waals surface area contributed by atoms with Gasteiger partial charge < -0.3 is 14.6 Å². The number of rotatable bonds is 3.